The first-order valence-corrected chi connectivity index (χ1v) is 5.99. The van der Waals surface area contributed by atoms with Crippen molar-refractivity contribution < 1.29 is 0 Å². The Morgan fingerprint density at radius 2 is 2.12 bits per heavy atom. The molecule has 2 aromatic heterocycles. The molecule has 16 heavy (non-hydrogen) atoms. The van der Waals surface area contributed by atoms with Gasteiger partial charge in [0.25, 0.3) is 0 Å². The van der Waals surface area contributed by atoms with E-state index in [-0.39, 0.29) is 0 Å². The van der Waals surface area contributed by atoms with Gasteiger partial charge < -0.3 is 9.72 Å². The second-order valence-electron chi connectivity index (χ2n) is 4.07. The Balaban J connectivity index is 2.09. The molecule has 0 atom stereocenters. The molecule has 0 amide bonds. The maximum atomic E-state index is 4.37. The van der Waals surface area contributed by atoms with E-state index in [9.17, 15) is 0 Å². The minimum Gasteiger partial charge on any atom is -0.308 e. The Labute approximate surface area is 96.5 Å². The molecule has 0 spiro atoms. The first-order chi connectivity index (χ1) is 7.85. The lowest BCUT2D eigenvalue weighted by Crippen LogP contribution is -2.27. The predicted octanol–water partition coefficient (Wildman–Crippen LogP) is 2.61. The fourth-order valence-corrected chi connectivity index (χ4v) is 1.94. The summed E-state index contributed by atoms with van der Waals surface area (Å²) >= 11 is 0. The molecule has 0 aromatic carbocycles. The maximum absolute atomic E-state index is 4.37. The van der Waals surface area contributed by atoms with Gasteiger partial charge in [-0.3, -0.25) is 0 Å². The van der Waals surface area contributed by atoms with Crippen molar-refractivity contribution in [3.63, 3.8) is 0 Å². The lowest BCUT2D eigenvalue weighted by molar-refractivity contribution is 0.479. The van der Waals surface area contributed by atoms with Gasteiger partial charge in [0.15, 0.2) is 0 Å². The molecular weight excluding hydrogens is 198 g/mol. The van der Waals surface area contributed by atoms with Crippen molar-refractivity contribution >= 4 is 5.65 Å². The zero-order chi connectivity index (χ0) is 11.4. The van der Waals surface area contributed by atoms with Gasteiger partial charge in [-0.2, -0.15) is 0 Å². The number of nitrogens with zero attached hydrogens (tertiary/aromatic N) is 2. The van der Waals surface area contributed by atoms with Crippen molar-refractivity contribution in [2.45, 2.75) is 39.3 Å². The molecule has 3 heteroatoms. The zero-order valence-electron chi connectivity index (χ0n) is 9.98. The second kappa shape index (κ2) is 5.12. The molecule has 0 aliphatic carbocycles. The Bertz CT molecular complexity index is 443. The molecule has 86 valence electrons. The van der Waals surface area contributed by atoms with Gasteiger partial charge in [0.05, 0.1) is 11.9 Å². The normalized spacial score (nSPS) is 11.4. The van der Waals surface area contributed by atoms with Crippen LogP contribution in [0.2, 0.25) is 0 Å². The number of hydrogen-bond donors (Lipinski definition) is 1. The number of nitrogens with one attached hydrogen (secondary N) is 1. The summed E-state index contributed by atoms with van der Waals surface area (Å²) in [5.74, 6) is 0. The van der Waals surface area contributed by atoms with E-state index in [1.54, 1.807) is 0 Å². The van der Waals surface area contributed by atoms with Gasteiger partial charge in [0, 0.05) is 18.8 Å². The van der Waals surface area contributed by atoms with Crippen LogP contribution >= 0.6 is 0 Å². The van der Waals surface area contributed by atoms with E-state index in [0.29, 0.717) is 6.04 Å². The highest BCUT2D eigenvalue weighted by molar-refractivity contribution is 5.39. The van der Waals surface area contributed by atoms with Crippen LogP contribution in [0.25, 0.3) is 5.65 Å². The fraction of sp³-hybridized carbons (Fsp3) is 0.462. The third kappa shape index (κ3) is 2.25. The fourth-order valence-electron chi connectivity index (χ4n) is 1.94. The monoisotopic (exact) mass is 217 g/mol. The summed E-state index contributed by atoms with van der Waals surface area (Å²) in [7, 11) is 0. The summed E-state index contributed by atoms with van der Waals surface area (Å²) in [4.78, 5) is 4.37. The lowest BCUT2D eigenvalue weighted by atomic mass is 10.2. The van der Waals surface area contributed by atoms with E-state index < -0.39 is 0 Å². The lowest BCUT2D eigenvalue weighted by Gasteiger charge is -2.14. The van der Waals surface area contributed by atoms with Gasteiger partial charge in [-0.15, -0.1) is 0 Å². The third-order valence-corrected chi connectivity index (χ3v) is 3.05. The molecule has 0 bridgehead atoms. The predicted molar refractivity (Wildman–Crippen MR) is 66.4 cm³/mol. The topological polar surface area (TPSA) is 29.3 Å². The van der Waals surface area contributed by atoms with E-state index in [0.717, 1.165) is 12.2 Å². The molecule has 0 saturated heterocycles. The molecule has 2 heterocycles. The summed E-state index contributed by atoms with van der Waals surface area (Å²) in [5, 5.41) is 3.55. The van der Waals surface area contributed by atoms with Crippen LogP contribution in [0.5, 0.6) is 0 Å². The molecule has 0 aliphatic rings. The van der Waals surface area contributed by atoms with Gasteiger partial charge in [-0.1, -0.05) is 19.9 Å². The number of aromatic nitrogens is 2. The van der Waals surface area contributed by atoms with E-state index in [1.807, 2.05) is 24.4 Å². The van der Waals surface area contributed by atoms with Crippen molar-refractivity contribution in [3.05, 3.63) is 36.3 Å². The van der Waals surface area contributed by atoms with Crippen molar-refractivity contribution in [3.8, 4) is 0 Å². The van der Waals surface area contributed by atoms with Crippen molar-refractivity contribution in [2.24, 2.45) is 0 Å². The number of hydrogen-bond acceptors (Lipinski definition) is 2. The Kier molecular flexibility index (Phi) is 3.57. The van der Waals surface area contributed by atoms with Crippen LogP contribution in [0.1, 0.15) is 32.4 Å². The standard InChI is InChI=1S/C13H19N3/c1-3-11(4-2)14-9-12-10-15-13-7-5-6-8-16(12)13/h5-8,10-11,14H,3-4,9H2,1-2H3. The smallest absolute Gasteiger partial charge is 0.136 e. The minimum atomic E-state index is 0.606. The van der Waals surface area contributed by atoms with Gasteiger partial charge in [0.2, 0.25) is 0 Å². The highest BCUT2D eigenvalue weighted by Gasteiger charge is 2.05. The van der Waals surface area contributed by atoms with Crippen LogP contribution in [0, 0.1) is 0 Å². The largest absolute Gasteiger partial charge is 0.308 e. The molecule has 0 saturated carbocycles. The summed E-state index contributed by atoms with van der Waals surface area (Å²) in [6, 6.07) is 6.69. The van der Waals surface area contributed by atoms with Crippen LogP contribution < -0.4 is 5.32 Å². The maximum Gasteiger partial charge on any atom is 0.136 e. The van der Waals surface area contributed by atoms with Crippen LogP contribution in [-0.2, 0) is 6.54 Å². The molecule has 2 aromatic rings. The number of pyridine rings is 1. The van der Waals surface area contributed by atoms with Gasteiger partial charge >= 0.3 is 0 Å². The van der Waals surface area contributed by atoms with Crippen molar-refractivity contribution in [1.29, 1.82) is 0 Å². The van der Waals surface area contributed by atoms with Crippen LogP contribution in [0.3, 0.4) is 0 Å². The SMILES string of the molecule is CCC(CC)NCc1cnc2ccccn12. The molecule has 0 radical (unpaired) electrons. The molecule has 1 N–H and O–H groups in total. The molecule has 2 rings (SSSR count). The molecule has 0 unspecified atom stereocenters. The van der Waals surface area contributed by atoms with Crippen LogP contribution in [0.4, 0.5) is 0 Å². The number of fused-ring (bicyclic) bond motifs is 1. The van der Waals surface area contributed by atoms with E-state index in [2.05, 4.69) is 34.7 Å². The van der Waals surface area contributed by atoms with Gasteiger partial charge in [-0.25, -0.2) is 4.98 Å². The van der Waals surface area contributed by atoms with E-state index >= 15 is 0 Å². The van der Waals surface area contributed by atoms with Gasteiger partial charge in [-0.05, 0) is 25.0 Å². The zero-order valence-corrected chi connectivity index (χ0v) is 9.98. The summed E-state index contributed by atoms with van der Waals surface area (Å²) in [6.07, 6.45) is 6.36. The third-order valence-electron chi connectivity index (χ3n) is 3.05. The highest BCUT2D eigenvalue weighted by Crippen LogP contribution is 2.06. The second-order valence-corrected chi connectivity index (χ2v) is 4.07. The summed E-state index contributed by atoms with van der Waals surface area (Å²) in [6.45, 7) is 5.32. The van der Waals surface area contributed by atoms with E-state index in [1.165, 1.54) is 18.5 Å². The average molecular weight is 217 g/mol. The summed E-state index contributed by atoms with van der Waals surface area (Å²) in [5.41, 5.74) is 2.24. The first kappa shape index (κ1) is 11.1. The Hall–Kier alpha value is -1.35. The Morgan fingerprint density at radius 1 is 1.31 bits per heavy atom. The number of imidazole rings is 1. The summed E-state index contributed by atoms with van der Waals surface area (Å²) < 4.78 is 2.13. The molecular formula is C13H19N3. The molecule has 3 nitrogen and oxygen atoms in total. The van der Waals surface area contributed by atoms with Gasteiger partial charge in [0.1, 0.15) is 5.65 Å². The Morgan fingerprint density at radius 3 is 2.88 bits per heavy atom. The first-order valence-electron chi connectivity index (χ1n) is 5.99. The van der Waals surface area contributed by atoms with Crippen molar-refractivity contribution in [2.75, 3.05) is 0 Å². The minimum absolute atomic E-state index is 0.606. The highest BCUT2D eigenvalue weighted by atomic mass is 15.0. The van der Waals surface area contributed by atoms with E-state index in [4.69, 9.17) is 0 Å². The quantitative estimate of drug-likeness (QED) is 0.834. The number of rotatable bonds is 5. The molecule has 0 fully saturated rings. The van der Waals surface area contributed by atoms with Crippen LogP contribution in [0.15, 0.2) is 30.6 Å². The van der Waals surface area contributed by atoms with Crippen molar-refractivity contribution in [1.82, 2.24) is 14.7 Å². The average Bonchev–Trinajstić information content (AvgIpc) is 2.74. The molecule has 0 aliphatic heterocycles. The van der Waals surface area contributed by atoms with Crippen LogP contribution in [-0.4, -0.2) is 15.4 Å².